The number of urea groups is 1. The second-order valence-corrected chi connectivity index (χ2v) is 5.83. The summed E-state index contributed by atoms with van der Waals surface area (Å²) in [6, 6.07) is 8.40. The first-order valence-electron chi connectivity index (χ1n) is 6.93. The molecule has 0 heterocycles. The first-order chi connectivity index (χ1) is 11.0. The van der Waals surface area contributed by atoms with Gasteiger partial charge < -0.3 is 10.6 Å². The molecule has 0 unspecified atom stereocenters. The van der Waals surface area contributed by atoms with Crippen molar-refractivity contribution < 1.29 is 18.0 Å². The molecule has 0 aromatic heterocycles. The molecule has 0 bridgehead atoms. The fraction of sp³-hybridized carbons (Fsp3) is 0.188. The summed E-state index contributed by atoms with van der Waals surface area (Å²) < 4.78 is 39.1. The van der Waals surface area contributed by atoms with Crippen LogP contribution in [0, 0.1) is 17.5 Å². The smallest absolute Gasteiger partial charge is 0.319 e. The van der Waals surface area contributed by atoms with Crippen LogP contribution in [0.5, 0.6) is 0 Å². The summed E-state index contributed by atoms with van der Waals surface area (Å²) in [4.78, 5) is 12.5. The molecule has 2 aromatic carbocycles. The van der Waals surface area contributed by atoms with Crippen LogP contribution < -0.4 is 10.6 Å². The predicted octanol–water partition coefficient (Wildman–Crippen LogP) is 4.41. The first kappa shape index (κ1) is 17.2. The molecule has 7 heteroatoms. The van der Waals surface area contributed by atoms with Crippen LogP contribution >= 0.6 is 11.8 Å². The van der Waals surface area contributed by atoms with Gasteiger partial charge in [0.2, 0.25) is 0 Å². The Morgan fingerprint density at radius 3 is 2.43 bits per heavy atom. The van der Waals surface area contributed by atoms with Crippen LogP contribution in [0.25, 0.3) is 0 Å². The van der Waals surface area contributed by atoms with Crippen molar-refractivity contribution in [2.24, 2.45) is 0 Å². The van der Waals surface area contributed by atoms with Crippen LogP contribution in [0.15, 0.2) is 47.4 Å². The van der Waals surface area contributed by atoms with E-state index in [1.165, 1.54) is 12.1 Å². The number of halogens is 3. The molecule has 0 fully saturated rings. The van der Waals surface area contributed by atoms with Crippen LogP contribution in [0.2, 0.25) is 0 Å². The van der Waals surface area contributed by atoms with Gasteiger partial charge in [-0.05, 0) is 48.6 Å². The van der Waals surface area contributed by atoms with Gasteiger partial charge in [0.1, 0.15) is 17.5 Å². The Labute approximate surface area is 136 Å². The minimum absolute atomic E-state index is 0.205. The molecule has 0 aliphatic heterocycles. The summed E-state index contributed by atoms with van der Waals surface area (Å²) in [7, 11) is 0. The van der Waals surface area contributed by atoms with Crippen molar-refractivity contribution in [3.05, 3.63) is 59.9 Å². The largest absolute Gasteiger partial charge is 0.338 e. The van der Waals surface area contributed by atoms with E-state index in [-0.39, 0.29) is 11.5 Å². The topological polar surface area (TPSA) is 41.1 Å². The van der Waals surface area contributed by atoms with Gasteiger partial charge in [-0.15, -0.1) is 11.8 Å². The summed E-state index contributed by atoms with van der Waals surface area (Å²) in [5.41, 5.74) is -0.205. The molecule has 0 radical (unpaired) electrons. The lowest BCUT2D eigenvalue weighted by Gasteiger charge is -2.08. The van der Waals surface area contributed by atoms with Crippen molar-refractivity contribution >= 4 is 23.5 Å². The first-order valence-corrected chi connectivity index (χ1v) is 7.91. The molecule has 122 valence electrons. The molecule has 0 saturated carbocycles. The van der Waals surface area contributed by atoms with E-state index in [1.807, 2.05) is 0 Å². The van der Waals surface area contributed by atoms with Crippen LogP contribution in [-0.4, -0.2) is 18.3 Å². The van der Waals surface area contributed by atoms with Crippen LogP contribution in [0.3, 0.4) is 0 Å². The van der Waals surface area contributed by atoms with Crippen LogP contribution in [0.4, 0.5) is 23.7 Å². The zero-order valence-corrected chi connectivity index (χ0v) is 12.9. The zero-order valence-electron chi connectivity index (χ0n) is 12.1. The van der Waals surface area contributed by atoms with E-state index in [0.29, 0.717) is 13.0 Å². The summed E-state index contributed by atoms with van der Waals surface area (Å²) >= 11 is 1.54. The van der Waals surface area contributed by atoms with Gasteiger partial charge in [-0.1, -0.05) is 0 Å². The van der Waals surface area contributed by atoms with Crippen molar-refractivity contribution in [2.75, 3.05) is 17.6 Å². The van der Waals surface area contributed by atoms with Crippen molar-refractivity contribution in [1.29, 1.82) is 0 Å². The van der Waals surface area contributed by atoms with Gasteiger partial charge in [-0.25, -0.2) is 18.0 Å². The predicted molar refractivity (Wildman–Crippen MR) is 85.1 cm³/mol. The number of rotatable bonds is 6. The second-order valence-electron chi connectivity index (χ2n) is 4.66. The third-order valence-electron chi connectivity index (χ3n) is 2.87. The third-order valence-corrected chi connectivity index (χ3v) is 3.96. The fourth-order valence-electron chi connectivity index (χ4n) is 1.75. The van der Waals surface area contributed by atoms with E-state index in [9.17, 15) is 18.0 Å². The minimum Gasteiger partial charge on any atom is -0.338 e. The molecule has 0 aliphatic carbocycles. The van der Waals surface area contributed by atoms with E-state index in [1.54, 1.807) is 23.9 Å². The number of benzene rings is 2. The third kappa shape index (κ3) is 5.86. The highest BCUT2D eigenvalue weighted by molar-refractivity contribution is 7.99. The molecule has 23 heavy (non-hydrogen) atoms. The molecule has 2 amide bonds. The lowest BCUT2D eigenvalue weighted by Crippen LogP contribution is -2.30. The summed E-state index contributed by atoms with van der Waals surface area (Å²) in [5.74, 6) is -0.872. The summed E-state index contributed by atoms with van der Waals surface area (Å²) in [5, 5.41) is 4.81. The van der Waals surface area contributed by atoms with Gasteiger partial charge in [0, 0.05) is 17.5 Å². The SMILES string of the molecule is O=C(NCCCSc1ccc(F)cc1)Nc1cc(F)ccc1F. The highest BCUT2D eigenvalue weighted by Crippen LogP contribution is 2.18. The quantitative estimate of drug-likeness (QED) is 0.604. The van der Waals surface area contributed by atoms with E-state index in [0.717, 1.165) is 28.8 Å². The van der Waals surface area contributed by atoms with Crippen molar-refractivity contribution in [2.45, 2.75) is 11.3 Å². The molecular weight excluding hydrogens is 325 g/mol. The van der Waals surface area contributed by atoms with Gasteiger partial charge in [-0.2, -0.15) is 0 Å². The van der Waals surface area contributed by atoms with Crippen molar-refractivity contribution in [3.8, 4) is 0 Å². The maximum Gasteiger partial charge on any atom is 0.319 e. The molecule has 0 aliphatic rings. The van der Waals surface area contributed by atoms with Crippen LogP contribution in [0.1, 0.15) is 6.42 Å². The van der Waals surface area contributed by atoms with Gasteiger partial charge in [0.15, 0.2) is 0 Å². The molecule has 2 N–H and O–H groups in total. The van der Waals surface area contributed by atoms with Crippen LogP contribution in [-0.2, 0) is 0 Å². The highest BCUT2D eigenvalue weighted by atomic mass is 32.2. The van der Waals surface area contributed by atoms with E-state index >= 15 is 0 Å². The number of nitrogens with one attached hydrogen (secondary N) is 2. The van der Waals surface area contributed by atoms with Gasteiger partial charge in [-0.3, -0.25) is 0 Å². The number of anilines is 1. The Bertz CT molecular complexity index is 665. The minimum atomic E-state index is -0.701. The molecule has 0 spiro atoms. The molecule has 2 rings (SSSR count). The average Bonchev–Trinajstić information content (AvgIpc) is 2.52. The number of carbonyl (C=O) groups excluding carboxylic acids is 1. The number of hydrogen-bond acceptors (Lipinski definition) is 2. The average molecular weight is 340 g/mol. The molecular formula is C16H15F3N2OS. The Hall–Kier alpha value is -2.15. The molecule has 0 saturated heterocycles. The maximum atomic E-state index is 13.3. The van der Waals surface area contributed by atoms with Gasteiger partial charge in [0.05, 0.1) is 5.69 Å². The normalized spacial score (nSPS) is 10.4. The lowest BCUT2D eigenvalue weighted by molar-refractivity contribution is 0.252. The monoisotopic (exact) mass is 340 g/mol. The fourth-order valence-corrected chi connectivity index (χ4v) is 2.61. The Morgan fingerprint density at radius 2 is 1.70 bits per heavy atom. The number of thioether (sulfide) groups is 1. The summed E-state index contributed by atoms with van der Waals surface area (Å²) in [6.07, 6.45) is 0.682. The van der Waals surface area contributed by atoms with Crippen molar-refractivity contribution in [1.82, 2.24) is 5.32 Å². The maximum absolute atomic E-state index is 13.3. The van der Waals surface area contributed by atoms with Gasteiger partial charge >= 0.3 is 6.03 Å². The number of carbonyl (C=O) groups is 1. The number of amides is 2. The Morgan fingerprint density at radius 1 is 1.00 bits per heavy atom. The Balaban J connectivity index is 1.67. The molecule has 0 atom stereocenters. The lowest BCUT2D eigenvalue weighted by atomic mass is 10.3. The van der Waals surface area contributed by atoms with E-state index < -0.39 is 17.7 Å². The van der Waals surface area contributed by atoms with Gasteiger partial charge in [0.25, 0.3) is 0 Å². The molecule has 2 aromatic rings. The van der Waals surface area contributed by atoms with Crippen molar-refractivity contribution in [3.63, 3.8) is 0 Å². The van der Waals surface area contributed by atoms with E-state index in [2.05, 4.69) is 10.6 Å². The standard InChI is InChI=1S/C16H15F3N2OS/c17-11-2-5-13(6-3-11)23-9-1-8-20-16(22)21-15-10-12(18)4-7-14(15)19/h2-7,10H,1,8-9H2,(H2,20,21,22). The zero-order chi connectivity index (χ0) is 16.7. The summed E-state index contributed by atoms with van der Waals surface area (Å²) in [6.45, 7) is 0.386. The second kappa shape index (κ2) is 8.47. The van der Waals surface area contributed by atoms with E-state index in [4.69, 9.17) is 0 Å². The number of hydrogen-bond donors (Lipinski definition) is 2. The molecule has 3 nitrogen and oxygen atoms in total. The highest BCUT2D eigenvalue weighted by Gasteiger charge is 2.07. The Kier molecular flexibility index (Phi) is 6.34.